The number of hydrogen-bond acceptors (Lipinski definition) is 4. The van der Waals surface area contributed by atoms with Crippen LogP contribution in [0.15, 0.2) is 59.9 Å². The predicted octanol–water partition coefficient (Wildman–Crippen LogP) is 4.74. The van der Waals surface area contributed by atoms with Gasteiger partial charge in [0.1, 0.15) is 5.82 Å². The molecule has 5 nitrogen and oxygen atoms in total. The molecule has 1 aromatic heterocycles. The summed E-state index contributed by atoms with van der Waals surface area (Å²) in [5.41, 5.74) is 3.62. The van der Waals surface area contributed by atoms with E-state index in [1.807, 2.05) is 19.1 Å². The summed E-state index contributed by atoms with van der Waals surface area (Å²) in [6, 6.07) is 14.6. The molecular formula is C22H23N3O2. The van der Waals surface area contributed by atoms with Crippen LogP contribution >= 0.6 is 0 Å². The van der Waals surface area contributed by atoms with Gasteiger partial charge in [0.25, 0.3) is 0 Å². The van der Waals surface area contributed by atoms with E-state index in [4.69, 9.17) is 4.74 Å². The van der Waals surface area contributed by atoms with E-state index in [9.17, 15) is 4.79 Å². The number of nitrogens with zero attached hydrogens (tertiary/aromatic N) is 1. The Bertz CT molecular complexity index is 1020. The summed E-state index contributed by atoms with van der Waals surface area (Å²) in [5.74, 6) is 0.383. The minimum Gasteiger partial charge on any atom is -0.463 e. The molecule has 27 heavy (non-hydrogen) atoms. The van der Waals surface area contributed by atoms with Crippen LogP contribution in [-0.4, -0.2) is 22.8 Å². The highest BCUT2D eigenvalue weighted by molar-refractivity contribution is 5.95. The summed E-state index contributed by atoms with van der Waals surface area (Å²) in [7, 11) is 0. The second-order valence-electron chi connectivity index (χ2n) is 6.73. The number of nitrogens with one attached hydrogen (secondary N) is 2. The van der Waals surface area contributed by atoms with Crippen LogP contribution in [0.25, 0.3) is 10.8 Å². The first-order valence-corrected chi connectivity index (χ1v) is 9.42. The number of hydrogen-bond donors (Lipinski definition) is 2. The van der Waals surface area contributed by atoms with Crippen molar-refractivity contribution in [3.63, 3.8) is 0 Å². The first-order chi connectivity index (χ1) is 13.2. The van der Waals surface area contributed by atoms with Gasteiger partial charge in [-0.15, -0.1) is 0 Å². The number of carbonyl (C=O) groups is 1. The molecule has 1 unspecified atom stereocenters. The smallest absolute Gasteiger partial charge is 0.336 e. The number of esters is 1. The van der Waals surface area contributed by atoms with Gasteiger partial charge in [0.15, 0.2) is 0 Å². The molecule has 0 radical (unpaired) electrons. The number of fused-ring (bicyclic) bond motifs is 2. The number of carbonyl (C=O) groups excluding carboxylic acids is 1. The van der Waals surface area contributed by atoms with Crippen molar-refractivity contribution >= 4 is 22.6 Å². The van der Waals surface area contributed by atoms with Gasteiger partial charge in [0.2, 0.25) is 0 Å². The lowest BCUT2D eigenvalue weighted by Crippen LogP contribution is -2.25. The van der Waals surface area contributed by atoms with E-state index in [2.05, 4.69) is 52.8 Å². The molecule has 0 aliphatic carbocycles. The van der Waals surface area contributed by atoms with Crippen molar-refractivity contribution in [3.05, 3.63) is 71.1 Å². The van der Waals surface area contributed by atoms with E-state index >= 15 is 0 Å². The van der Waals surface area contributed by atoms with Gasteiger partial charge in [-0.25, -0.2) is 4.79 Å². The fourth-order valence-electron chi connectivity index (χ4n) is 3.79. The molecular weight excluding hydrogens is 338 g/mol. The molecule has 0 bridgehead atoms. The SMILES string of the molecule is CCCC1=C(C(=O)OCC)C(c2ccc3ccccc3c2)c2cn[nH]c2N1. The van der Waals surface area contributed by atoms with Crippen LogP contribution in [0.4, 0.5) is 5.82 Å². The summed E-state index contributed by atoms with van der Waals surface area (Å²) in [6.45, 7) is 4.29. The first-order valence-electron chi connectivity index (χ1n) is 9.42. The molecule has 0 saturated carbocycles. The van der Waals surface area contributed by atoms with E-state index in [1.54, 1.807) is 6.20 Å². The average Bonchev–Trinajstić information content (AvgIpc) is 3.15. The van der Waals surface area contributed by atoms with Gasteiger partial charge in [-0.05, 0) is 29.7 Å². The minimum atomic E-state index is -0.265. The Labute approximate surface area is 158 Å². The Morgan fingerprint density at radius 3 is 2.74 bits per heavy atom. The first kappa shape index (κ1) is 17.3. The molecule has 2 heterocycles. The molecule has 3 aromatic rings. The maximum Gasteiger partial charge on any atom is 0.336 e. The monoisotopic (exact) mass is 361 g/mol. The van der Waals surface area contributed by atoms with Crippen LogP contribution in [0.1, 0.15) is 43.7 Å². The highest BCUT2D eigenvalue weighted by atomic mass is 16.5. The summed E-state index contributed by atoms with van der Waals surface area (Å²) in [6.07, 6.45) is 3.50. The highest BCUT2D eigenvalue weighted by Gasteiger charge is 2.35. The normalized spacial score (nSPS) is 16.1. The van der Waals surface area contributed by atoms with Gasteiger partial charge in [-0.2, -0.15) is 5.10 Å². The Kier molecular flexibility index (Phi) is 4.67. The van der Waals surface area contributed by atoms with Crippen molar-refractivity contribution < 1.29 is 9.53 Å². The fraction of sp³-hybridized carbons (Fsp3) is 0.273. The molecule has 0 amide bonds. The Balaban J connectivity index is 1.91. The molecule has 138 valence electrons. The van der Waals surface area contributed by atoms with Crippen LogP contribution in [0, 0.1) is 0 Å². The van der Waals surface area contributed by atoms with Crippen LogP contribution in [-0.2, 0) is 9.53 Å². The Morgan fingerprint density at radius 1 is 1.15 bits per heavy atom. The van der Waals surface area contributed by atoms with Crippen LogP contribution in [0.5, 0.6) is 0 Å². The highest BCUT2D eigenvalue weighted by Crippen LogP contribution is 2.42. The zero-order chi connectivity index (χ0) is 18.8. The van der Waals surface area contributed by atoms with Crippen LogP contribution in [0.2, 0.25) is 0 Å². The van der Waals surface area contributed by atoms with E-state index < -0.39 is 0 Å². The van der Waals surface area contributed by atoms with Gasteiger partial charge < -0.3 is 10.1 Å². The third-order valence-corrected chi connectivity index (χ3v) is 4.97. The molecule has 0 saturated heterocycles. The maximum atomic E-state index is 12.9. The van der Waals surface area contributed by atoms with Gasteiger partial charge >= 0.3 is 5.97 Å². The maximum absolute atomic E-state index is 12.9. The molecule has 0 fully saturated rings. The fourth-order valence-corrected chi connectivity index (χ4v) is 3.79. The summed E-state index contributed by atoms with van der Waals surface area (Å²) in [4.78, 5) is 12.9. The van der Waals surface area contributed by atoms with Crippen molar-refractivity contribution in [2.75, 3.05) is 11.9 Å². The number of allylic oxidation sites excluding steroid dienone is 1. The van der Waals surface area contributed by atoms with Crippen molar-refractivity contribution in [3.8, 4) is 0 Å². The lowest BCUT2D eigenvalue weighted by atomic mass is 9.81. The molecule has 1 aliphatic heterocycles. The number of H-pyrrole nitrogens is 1. The quantitative estimate of drug-likeness (QED) is 0.644. The molecule has 5 heteroatoms. The van der Waals surface area contributed by atoms with Gasteiger partial charge in [-0.1, -0.05) is 55.8 Å². The topological polar surface area (TPSA) is 67.0 Å². The average molecular weight is 361 g/mol. The van der Waals surface area contributed by atoms with Gasteiger partial charge in [-0.3, -0.25) is 5.10 Å². The van der Waals surface area contributed by atoms with Crippen LogP contribution < -0.4 is 5.32 Å². The van der Waals surface area contributed by atoms with Crippen molar-refractivity contribution in [1.82, 2.24) is 10.2 Å². The number of rotatable bonds is 5. The van der Waals surface area contributed by atoms with E-state index in [0.29, 0.717) is 12.2 Å². The van der Waals surface area contributed by atoms with E-state index in [-0.39, 0.29) is 11.9 Å². The number of anilines is 1. The largest absolute Gasteiger partial charge is 0.463 e. The Morgan fingerprint density at radius 2 is 1.96 bits per heavy atom. The molecule has 0 spiro atoms. The third kappa shape index (κ3) is 3.10. The van der Waals surface area contributed by atoms with E-state index in [1.165, 1.54) is 5.39 Å². The minimum absolute atomic E-state index is 0.204. The predicted molar refractivity (Wildman–Crippen MR) is 107 cm³/mol. The molecule has 2 aromatic carbocycles. The summed E-state index contributed by atoms with van der Waals surface area (Å²) < 4.78 is 5.42. The second-order valence-corrected chi connectivity index (χ2v) is 6.73. The third-order valence-electron chi connectivity index (χ3n) is 4.97. The number of benzene rings is 2. The molecule has 1 aliphatic rings. The molecule has 1 atom stereocenters. The van der Waals surface area contributed by atoms with Crippen LogP contribution in [0.3, 0.4) is 0 Å². The van der Waals surface area contributed by atoms with Gasteiger partial charge in [0, 0.05) is 17.2 Å². The zero-order valence-electron chi connectivity index (χ0n) is 15.6. The zero-order valence-corrected chi connectivity index (χ0v) is 15.6. The summed E-state index contributed by atoms with van der Waals surface area (Å²) in [5, 5.41) is 12.9. The number of ether oxygens (including phenoxy) is 1. The standard InChI is InChI=1S/C22H23N3O2/c1-3-7-18-20(22(26)27-4-2)19(17-13-23-25-21(17)24-18)16-11-10-14-8-5-6-9-15(14)12-16/h5-6,8-13,19H,3-4,7H2,1-2H3,(H2,23,24,25). The lowest BCUT2D eigenvalue weighted by Gasteiger charge is -2.29. The van der Waals surface area contributed by atoms with E-state index in [0.717, 1.165) is 40.9 Å². The molecule has 4 rings (SSSR count). The number of aromatic amines is 1. The number of aromatic nitrogens is 2. The van der Waals surface area contributed by atoms with Crippen molar-refractivity contribution in [2.24, 2.45) is 0 Å². The lowest BCUT2D eigenvalue weighted by molar-refractivity contribution is -0.138. The molecule has 2 N–H and O–H groups in total. The second kappa shape index (κ2) is 7.27. The summed E-state index contributed by atoms with van der Waals surface area (Å²) >= 11 is 0. The van der Waals surface area contributed by atoms with Crippen molar-refractivity contribution in [2.45, 2.75) is 32.6 Å². The van der Waals surface area contributed by atoms with Crippen molar-refractivity contribution in [1.29, 1.82) is 0 Å². The Hall–Kier alpha value is -3.08. The van der Waals surface area contributed by atoms with Gasteiger partial charge in [0.05, 0.1) is 18.4 Å².